The van der Waals surface area contributed by atoms with Gasteiger partial charge in [-0.1, -0.05) is 43.3 Å². The van der Waals surface area contributed by atoms with Gasteiger partial charge in [0.2, 0.25) is 5.91 Å². The van der Waals surface area contributed by atoms with Gasteiger partial charge in [0.25, 0.3) is 0 Å². The lowest BCUT2D eigenvalue weighted by molar-refractivity contribution is -0.119. The maximum absolute atomic E-state index is 12.7. The number of likely N-dealkylation sites (N-methyl/N-ethyl adjacent to an activating group) is 2. The van der Waals surface area contributed by atoms with E-state index in [1.165, 1.54) is 5.39 Å². The van der Waals surface area contributed by atoms with Gasteiger partial charge < -0.3 is 4.90 Å². The van der Waals surface area contributed by atoms with Crippen molar-refractivity contribution in [2.75, 3.05) is 25.0 Å². The number of anilines is 1. The zero-order valence-electron chi connectivity index (χ0n) is 14.0. The number of hydrogen-bond acceptors (Lipinski definition) is 2. The lowest BCUT2D eigenvalue weighted by Crippen LogP contribution is -2.42. The van der Waals surface area contributed by atoms with E-state index in [0.29, 0.717) is 19.1 Å². The van der Waals surface area contributed by atoms with Crippen molar-refractivity contribution in [3.8, 4) is 0 Å². The van der Waals surface area contributed by atoms with Crippen LogP contribution in [0.25, 0.3) is 10.8 Å². The van der Waals surface area contributed by atoms with Gasteiger partial charge in [-0.05, 0) is 38.8 Å². The fraction of sp³-hybridized carbons (Fsp3) is 0.421. The zero-order chi connectivity index (χ0) is 16.1. The van der Waals surface area contributed by atoms with Crippen molar-refractivity contribution in [1.29, 1.82) is 0 Å². The first kappa shape index (κ1) is 16.5. The second-order valence-electron chi connectivity index (χ2n) is 5.81. The molecule has 0 bridgehead atoms. The monoisotopic (exact) mass is 298 g/mol. The van der Waals surface area contributed by atoms with E-state index in [1.54, 1.807) is 0 Å². The molecule has 1 amide bonds. The molecule has 0 saturated heterocycles. The van der Waals surface area contributed by atoms with Crippen molar-refractivity contribution in [1.82, 2.24) is 4.90 Å². The topological polar surface area (TPSA) is 23.6 Å². The van der Waals surface area contributed by atoms with Crippen LogP contribution in [0.5, 0.6) is 0 Å². The second-order valence-corrected chi connectivity index (χ2v) is 5.81. The molecule has 22 heavy (non-hydrogen) atoms. The van der Waals surface area contributed by atoms with Gasteiger partial charge in [-0.15, -0.1) is 0 Å². The van der Waals surface area contributed by atoms with Crippen molar-refractivity contribution in [2.24, 2.45) is 0 Å². The number of amides is 1. The predicted molar refractivity (Wildman–Crippen MR) is 94.4 cm³/mol. The Kier molecular flexibility index (Phi) is 5.56. The highest BCUT2D eigenvalue weighted by atomic mass is 16.2. The molecule has 0 aromatic heterocycles. The Balaban J connectivity index is 2.28. The molecule has 2 rings (SSSR count). The van der Waals surface area contributed by atoms with Crippen LogP contribution in [0.3, 0.4) is 0 Å². The molecule has 0 aliphatic rings. The first-order chi connectivity index (χ1) is 10.6. The second kappa shape index (κ2) is 7.41. The number of benzene rings is 2. The third kappa shape index (κ3) is 3.47. The normalized spacial score (nSPS) is 12.6. The summed E-state index contributed by atoms with van der Waals surface area (Å²) in [5.41, 5.74) is 1.00. The summed E-state index contributed by atoms with van der Waals surface area (Å²) in [5, 5.41) is 2.30. The molecular formula is C19H26N2O. The Morgan fingerprint density at radius 1 is 1.09 bits per heavy atom. The zero-order valence-corrected chi connectivity index (χ0v) is 14.0. The van der Waals surface area contributed by atoms with Gasteiger partial charge in [0.05, 0.1) is 12.2 Å². The van der Waals surface area contributed by atoms with E-state index in [9.17, 15) is 4.79 Å². The van der Waals surface area contributed by atoms with Crippen molar-refractivity contribution < 1.29 is 4.79 Å². The lowest BCUT2D eigenvalue weighted by Gasteiger charge is -2.28. The minimum atomic E-state index is 0.154. The molecule has 0 aliphatic carbocycles. The van der Waals surface area contributed by atoms with Crippen LogP contribution in [0.1, 0.15) is 27.2 Å². The third-order valence-electron chi connectivity index (χ3n) is 4.40. The summed E-state index contributed by atoms with van der Waals surface area (Å²) < 4.78 is 0. The van der Waals surface area contributed by atoms with Crippen LogP contribution < -0.4 is 4.90 Å². The van der Waals surface area contributed by atoms with E-state index in [0.717, 1.165) is 17.5 Å². The summed E-state index contributed by atoms with van der Waals surface area (Å²) in [5.74, 6) is 0.154. The maximum atomic E-state index is 12.7. The third-order valence-corrected chi connectivity index (χ3v) is 4.40. The van der Waals surface area contributed by atoms with E-state index in [-0.39, 0.29) is 5.91 Å². The lowest BCUT2D eigenvalue weighted by atomic mass is 10.1. The molecule has 0 fully saturated rings. The van der Waals surface area contributed by atoms with Crippen LogP contribution in [-0.2, 0) is 4.79 Å². The van der Waals surface area contributed by atoms with Crippen molar-refractivity contribution in [3.63, 3.8) is 0 Å². The van der Waals surface area contributed by atoms with Gasteiger partial charge in [-0.3, -0.25) is 9.69 Å². The van der Waals surface area contributed by atoms with E-state index >= 15 is 0 Å². The van der Waals surface area contributed by atoms with Crippen LogP contribution in [0, 0.1) is 0 Å². The largest absolute Gasteiger partial charge is 0.311 e. The van der Waals surface area contributed by atoms with Crippen molar-refractivity contribution >= 4 is 22.4 Å². The first-order valence-electron chi connectivity index (χ1n) is 8.06. The molecule has 2 aromatic rings. The molecule has 0 N–H and O–H groups in total. The number of nitrogens with zero attached hydrogens (tertiary/aromatic N) is 2. The molecule has 3 heteroatoms. The molecule has 3 nitrogen and oxygen atoms in total. The van der Waals surface area contributed by atoms with E-state index in [2.05, 4.69) is 36.9 Å². The highest BCUT2D eigenvalue weighted by Crippen LogP contribution is 2.26. The quantitative estimate of drug-likeness (QED) is 0.807. The average Bonchev–Trinajstić information content (AvgIpc) is 2.54. The highest BCUT2D eigenvalue weighted by Gasteiger charge is 2.19. The van der Waals surface area contributed by atoms with E-state index < -0.39 is 0 Å². The summed E-state index contributed by atoms with van der Waals surface area (Å²) in [6, 6.07) is 14.8. The van der Waals surface area contributed by atoms with Crippen LogP contribution in [0.4, 0.5) is 5.69 Å². The fourth-order valence-corrected chi connectivity index (χ4v) is 2.69. The Morgan fingerprint density at radius 2 is 1.77 bits per heavy atom. The van der Waals surface area contributed by atoms with Gasteiger partial charge >= 0.3 is 0 Å². The fourth-order valence-electron chi connectivity index (χ4n) is 2.69. The molecule has 0 radical (unpaired) electrons. The van der Waals surface area contributed by atoms with E-state index in [1.807, 2.05) is 43.1 Å². The number of rotatable bonds is 6. The molecule has 0 aliphatic heterocycles. The molecule has 0 saturated carbocycles. The number of fused-ring (bicyclic) bond motifs is 1. The minimum Gasteiger partial charge on any atom is -0.311 e. The van der Waals surface area contributed by atoms with Crippen LogP contribution in [-0.4, -0.2) is 37.0 Å². The highest BCUT2D eigenvalue weighted by molar-refractivity contribution is 6.04. The molecule has 1 atom stereocenters. The standard InChI is InChI=1S/C19H26N2O/c1-5-15(3)20(4)14-19(22)21(6-2)18-13-9-11-16-10-7-8-12-17(16)18/h7-13,15H,5-6,14H2,1-4H3. The number of carbonyl (C=O) groups is 1. The van der Waals surface area contributed by atoms with E-state index in [4.69, 9.17) is 0 Å². The van der Waals surface area contributed by atoms with Crippen LogP contribution >= 0.6 is 0 Å². The Bertz CT molecular complexity index is 633. The smallest absolute Gasteiger partial charge is 0.241 e. The Morgan fingerprint density at radius 3 is 2.45 bits per heavy atom. The summed E-state index contributed by atoms with van der Waals surface area (Å²) >= 11 is 0. The summed E-state index contributed by atoms with van der Waals surface area (Å²) in [6.07, 6.45) is 1.05. The van der Waals surface area contributed by atoms with Gasteiger partial charge in [0, 0.05) is 18.0 Å². The van der Waals surface area contributed by atoms with Gasteiger partial charge in [-0.2, -0.15) is 0 Å². The van der Waals surface area contributed by atoms with Gasteiger partial charge in [0.1, 0.15) is 0 Å². The molecule has 118 valence electrons. The SMILES string of the molecule is CCC(C)N(C)CC(=O)N(CC)c1cccc2ccccc12. The summed E-state index contributed by atoms with van der Waals surface area (Å²) in [6.45, 7) is 7.46. The van der Waals surface area contributed by atoms with Crippen LogP contribution in [0.15, 0.2) is 42.5 Å². The first-order valence-corrected chi connectivity index (χ1v) is 8.06. The summed E-state index contributed by atoms with van der Waals surface area (Å²) in [7, 11) is 2.02. The maximum Gasteiger partial charge on any atom is 0.241 e. The molecular weight excluding hydrogens is 272 g/mol. The number of carbonyl (C=O) groups excluding carboxylic acids is 1. The van der Waals surface area contributed by atoms with Gasteiger partial charge in [0.15, 0.2) is 0 Å². The van der Waals surface area contributed by atoms with Gasteiger partial charge in [-0.25, -0.2) is 0 Å². The van der Waals surface area contributed by atoms with Crippen molar-refractivity contribution in [2.45, 2.75) is 33.2 Å². The minimum absolute atomic E-state index is 0.154. The molecule has 2 aromatic carbocycles. The molecule has 1 unspecified atom stereocenters. The Hall–Kier alpha value is -1.87. The molecule has 0 heterocycles. The molecule has 0 spiro atoms. The van der Waals surface area contributed by atoms with Crippen LogP contribution in [0.2, 0.25) is 0 Å². The average molecular weight is 298 g/mol. The van der Waals surface area contributed by atoms with Crippen molar-refractivity contribution in [3.05, 3.63) is 42.5 Å². The number of hydrogen-bond donors (Lipinski definition) is 0. The summed E-state index contributed by atoms with van der Waals surface area (Å²) in [4.78, 5) is 16.7. The predicted octanol–water partition coefficient (Wildman–Crippen LogP) is 3.92. The Labute approximate surface area is 133 Å².